The molecule has 1 aromatic rings. The van der Waals surface area contributed by atoms with Crippen molar-refractivity contribution in [1.29, 1.82) is 0 Å². The summed E-state index contributed by atoms with van der Waals surface area (Å²) in [6, 6.07) is 0.0129. The summed E-state index contributed by atoms with van der Waals surface area (Å²) < 4.78 is 0. The number of amides is 1. The van der Waals surface area contributed by atoms with Crippen molar-refractivity contribution in [2.75, 3.05) is 18.9 Å². The Balaban J connectivity index is 2.86. The quantitative estimate of drug-likeness (QED) is 0.646. The van der Waals surface area contributed by atoms with Crippen molar-refractivity contribution < 1.29 is 9.90 Å². The molecule has 1 rings (SSSR count). The summed E-state index contributed by atoms with van der Waals surface area (Å²) >= 11 is 0. The fourth-order valence-corrected chi connectivity index (χ4v) is 1.32. The molecular weight excluding hydrogens is 196 g/mol. The molecule has 0 atom stereocenters. The molecule has 0 bridgehead atoms. The minimum Gasteiger partial charge on any atom is -0.395 e. The zero-order valence-corrected chi connectivity index (χ0v) is 8.90. The van der Waals surface area contributed by atoms with Crippen molar-refractivity contribution >= 4 is 11.7 Å². The average Bonchev–Trinajstić information content (AvgIpc) is 2.59. The van der Waals surface area contributed by atoms with Crippen molar-refractivity contribution in [3.63, 3.8) is 0 Å². The Hall–Kier alpha value is -1.56. The Morgan fingerprint density at radius 3 is 2.80 bits per heavy atom. The van der Waals surface area contributed by atoms with E-state index in [2.05, 4.69) is 10.2 Å². The van der Waals surface area contributed by atoms with Gasteiger partial charge in [-0.1, -0.05) is 0 Å². The number of hydrogen-bond acceptors (Lipinski definition) is 4. The maximum absolute atomic E-state index is 11.9. The number of carbonyl (C=O) groups excluding carboxylic acids is 1. The number of aliphatic hydroxyl groups is 1. The average molecular weight is 212 g/mol. The van der Waals surface area contributed by atoms with Crippen molar-refractivity contribution in [1.82, 2.24) is 15.1 Å². The van der Waals surface area contributed by atoms with Crippen LogP contribution in [0, 0.1) is 0 Å². The van der Waals surface area contributed by atoms with E-state index in [0.29, 0.717) is 12.1 Å². The maximum Gasteiger partial charge on any atom is 0.259 e. The van der Waals surface area contributed by atoms with E-state index in [4.69, 9.17) is 10.8 Å². The lowest BCUT2D eigenvalue weighted by Gasteiger charge is -2.25. The van der Waals surface area contributed by atoms with Gasteiger partial charge in [0.25, 0.3) is 5.91 Å². The molecule has 4 N–H and O–H groups in total. The number of aliphatic hydroxyl groups excluding tert-OH is 1. The van der Waals surface area contributed by atoms with Gasteiger partial charge < -0.3 is 15.7 Å². The predicted octanol–water partition coefficient (Wildman–Crippen LogP) is -0.165. The third-order valence-electron chi connectivity index (χ3n) is 2.12. The zero-order chi connectivity index (χ0) is 11.4. The standard InChI is InChI=1S/C9H16N4O2/c1-6(2)13(3-4-14)9(15)7-5-11-12-8(7)10/h5-6,14H,3-4H2,1-2H3,(H3,10,11,12). The smallest absolute Gasteiger partial charge is 0.259 e. The Labute approximate surface area is 88.1 Å². The fraction of sp³-hybridized carbons (Fsp3) is 0.556. The van der Waals surface area contributed by atoms with Gasteiger partial charge in [-0.05, 0) is 13.8 Å². The van der Waals surface area contributed by atoms with Gasteiger partial charge in [-0.2, -0.15) is 5.10 Å². The number of H-pyrrole nitrogens is 1. The summed E-state index contributed by atoms with van der Waals surface area (Å²) in [5, 5.41) is 15.0. The number of aromatic amines is 1. The maximum atomic E-state index is 11.9. The number of nitrogens with two attached hydrogens (primary N) is 1. The Bertz CT molecular complexity index is 335. The van der Waals surface area contributed by atoms with E-state index in [1.807, 2.05) is 13.8 Å². The van der Waals surface area contributed by atoms with Crippen LogP contribution in [0.25, 0.3) is 0 Å². The number of hydrogen-bond donors (Lipinski definition) is 3. The van der Waals surface area contributed by atoms with Crippen LogP contribution in [-0.2, 0) is 0 Å². The summed E-state index contributed by atoms with van der Waals surface area (Å²) in [6.45, 7) is 3.98. The fourth-order valence-electron chi connectivity index (χ4n) is 1.32. The first-order valence-electron chi connectivity index (χ1n) is 4.78. The molecule has 1 heterocycles. The largest absolute Gasteiger partial charge is 0.395 e. The molecule has 0 radical (unpaired) electrons. The molecule has 0 saturated carbocycles. The predicted molar refractivity (Wildman–Crippen MR) is 56.3 cm³/mol. The van der Waals surface area contributed by atoms with Gasteiger partial charge in [-0.25, -0.2) is 0 Å². The molecule has 84 valence electrons. The van der Waals surface area contributed by atoms with Crippen LogP contribution in [0.4, 0.5) is 5.82 Å². The highest BCUT2D eigenvalue weighted by Crippen LogP contribution is 2.12. The Morgan fingerprint density at radius 2 is 2.40 bits per heavy atom. The second-order valence-corrected chi connectivity index (χ2v) is 3.51. The summed E-state index contributed by atoms with van der Waals surface area (Å²) in [7, 11) is 0. The Morgan fingerprint density at radius 1 is 1.73 bits per heavy atom. The van der Waals surface area contributed by atoms with Crippen LogP contribution in [0.3, 0.4) is 0 Å². The van der Waals surface area contributed by atoms with Crippen LogP contribution < -0.4 is 5.73 Å². The minimum atomic E-state index is -0.217. The SMILES string of the molecule is CC(C)N(CCO)C(=O)c1cn[nH]c1N. The minimum absolute atomic E-state index is 0.0129. The molecule has 1 aromatic heterocycles. The molecule has 15 heavy (non-hydrogen) atoms. The molecule has 6 nitrogen and oxygen atoms in total. The van der Waals surface area contributed by atoms with E-state index < -0.39 is 0 Å². The van der Waals surface area contributed by atoms with Crippen molar-refractivity contribution in [3.8, 4) is 0 Å². The molecular formula is C9H16N4O2. The van der Waals surface area contributed by atoms with E-state index in [9.17, 15) is 4.79 Å². The number of rotatable bonds is 4. The third kappa shape index (κ3) is 2.47. The van der Waals surface area contributed by atoms with Crippen LogP contribution >= 0.6 is 0 Å². The first-order valence-corrected chi connectivity index (χ1v) is 4.78. The first kappa shape index (κ1) is 11.5. The van der Waals surface area contributed by atoms with E-state index >= 15 is 0 Å². The van der Waals surface area contributed by atoms with E-state index in [0.717, 1.165) is 0 Å². The lowest BCUT2D eigenvalue weighted by Crippen LogP contribution is -2.39. The molecule has 6 heteroatoms. The molecule has 1 amide bonds. The van der Waals surface area contributed by atoms with Crippen molar-refractivity contribution in [3.05, 3.63) is 11.8 Å². The van der Waals surface area contributed by atoms with Gasteiger partial charge in [0.15, 0.2) is 0 Å². The topological polar surface area (TPSA) is 95.2 Å². The highest BCUT2D eigenvalue weighted by molar-refractivity contribution is 5.98. The monoisotopic (exact) mass is 212 g/mol. The molecule has 0 unspecified atom stereocenters. The first-order chi connectivity index (χ1) is 7.07. The number of anilines is 1. The number of nitrogen functional groups attached to an aromatic ring is 1. The van der Waals surface area contributed by atoms with Gasteiger partial charge >= 0.3 is 0 Å². The zero-order valence-electron chi connectivity index (χ0n) is 8.90. The molecule has 0 aliphatic heterocycles. The van der Waals surface area contributed by atoms with Gasteiger partial charge in [0.1, 0.15) is 11.4 Å². The molecule has 0 saturated heterocycles. The van der Waals surface area contributed by atoms with Crippen LogP contribution in [0.15, 0.2) is 6.20 Å². The molecule has 0 aliphatic carbocycles. The number of nitrogens with one attached hydrogen (secondary N) is 1. The van der Waals surface area contributed by atoms with E-state index in [1.165, 1.54) is 6.20 Å². The molecule has 0 fully saturated rings. The highest BCUT2D eigenvalue weighted by atomic mass is 16.3. The van der Waals surface area contributed by atoms with Gasteiger partial charge in [0.05, 0.1) is 12.8 Å². The van der Waals surface area contributed by atoms with Crippen LogP contribution in [0.2, 0.25) is 0 Å². The van der Waals surface area contributed by atoms with Gasteiger partial charge in [0.2, 0.25) is 0 Å². The second-order valence-electron chi connectivity index (χ2n) is 3.51. The lowest BCUT2D eigenvalue weighted by atomic mass is 10.2. The van der Waals surface area contributed by atoms with Gasteiger partial charge in [-0.15, -0.1) is 0 Å². The number of aromatic nitrogens is 2. The van der Waals surface area contributed by atoms with Crippen LogP contribution in [0.1, 0.15) is 24.2 Å². The number of carbonyl (C=O) groups is 1. The second kappa shape index (κ2) is 4.79. The molecule has 0 aliphatic rings. The van der Waals surface area contributed by atoms with Gasteiger partial charge in [-0.3, -0.25) is 9.89 Å². The number of nitrogens with zero attached hydrogens (tertiary/aromatic N) is 2. The van der Waals surface area contributed by atoms with Crippen molar-refractivity contribution in [2.24, 2.45) is 0 Å². The van der Waals surface area contributed by atoms with E-state index in [1.54, 1.807) is 4.90 Å². The molecule has 0 aromatic carbocycles. The van der Waals surface area contributed by atoms with E-state index in [-0.39, 0.29) is 24.4 Å². The summed E-state index contributed by atoms with van der Waals surface area (Å²) in [4.78, 5) is 13.5. The Kier molecular flexibility index (Phi) is 3.68. The summed E-state index contributed by atoms with van der Waals surface area (Å²) in [6.07, 6.45) is 1.39. The normalized spacial score (nSPS) is 10.7. The lowest BCUT2D eigenvalue weighted by molar-refractivity contribution is 0.0666. The van der Waals surface area contributed by atoms with Crippen molar-refractivity contribution in [2.45, 2.75) is 19.9 Å². The van der Waals surface area contributed by atoms with Gasteiger partial charge in [0, 0.05) is 12.6 Å². The van der Waals surface area contributed by atoms with Crippen LogP contribution in [0.5, 0.6) is 0 Å². The summed E-state index contributed by atoms with van der Waals surface area (Å²) in [5.74, 6) is 0.0360. The van der Waals surface area contributed by atoms with Crippen LogP contribution in [-0.4, -0.2) is 45.3 Å². The molecule has 0 spiro atoms. The third-order valence-corrected chi connectivity index (χ3v) is 2.12. The highest BCUT2D eigenvalue weighted by Gasteiger charge is 2.21. The summed E-state index contributed by atoms with van der Waals surface area (Å²) in [5.41, 5.74) is 5.89.